The second-order valence-corrected chi connectivity index (χ2v) is 4.72. The summed E-state index contributed by atoms with van der Waals surface area (Å²) in [5, 5.41) is 9.07. The predicted molar refractivity (Wildman–Crippen MR) is 76.4 cm³/mol. The fourth-order valence-corrected chi connectivity index (χ4v) is 2.23. The standard InChI is InChI=1S/C15H14N4O2/c1-19(15-12(8-16)17-6-7-18-15)9-11-10-20-13-4-2-3-5-14(13)21-11/h2-7,11H,9-10H2,1H3. The van der Waals surface area contributed by atoms with Crippen molar-refractivity contribution in [3.63, 3.8) is 0 Å². The smallest absolute Gasteiger partial charge is 0.183 e. The highest BCUT2D eigenvalue weighted by Crippen LogP contribution is 2.31. The number of rotatable bonds is 3. The highest BCUT2D eigenvalue weighted by molar-refractivity contribution is 5.49. The molecule has 0 amide bonds. The lowest BCUT2D eigenvalue weighted by molar-refractivity contribution is 0.0959. The first-order valence-electron chi connectivity index (χ1n) is 6.58. The van der Waals surface area contributed by atoms with Crippen LogP contribution in [0.3, 0.4) is 0 Å². The Kier molecular flexibility index (Phi) is 3.56. The van der Waals surface area contributed by atoms with Crippen LogP contribution in [0.5, 0.6) is 11.5 Å². The van der Waals surface area contributed by atoms with E-state index in [1.165, 1.54) is 6.20 Å². The Morgan fingerprint density at radius 3 is 2.86 bits per heavy atom. The fourth-order valence-electron chi connectivity index (χ4n) is 2.23. The van der Waals surface area contributed by atoms with Crippen LogP contribution < -0.4 is 14.4 Å². The molecule has 6 nitrogen and oxygen atoms in total. The second kappa shape index (κ2) is 5.67. The van der Waals surface area contributed by atoms with Gasteiger partial charge in [-0.1, -0.05) is 12.1 Å². The summed E-state index contributed by atoms with van der Waals surface area (Å²) < 4.78 is 11.6. The molecule has 3 rings (SSSR count). The Balaban J connectivity index is 1.72. The molecule has 1 unspecified atom stereocenters. The zero-order valence-corrected chi connectivity index (χ0v) is 11.6. The molecule has 0 spiro atoms. The number of para-hydroxylation sites is 2. The summed E-state index contributed by atoms with van der Waals surface area (Å²) in [6.45, 7) is 1.02. The third-order valence-electron chi connectivity index (χ3n) is 3.19. The molecule has 1 aliphatic rings. The molecule has 6 heteroatoms. The van der Waals surface area contributed by atoms with Crippen LogP contribution in [0, 0.1) is 11.3 Å². The number of nitrogens with zero attached hydrogens (tertiary/aromatic N) is 4. The van der Waals surface area contributed by atoms with E-state index in [1.54, 1.807) is 6.20 Å². The lowest BCUT2D eigenvalue weighted by Gasteiger charge is -2.30. The Hall–Kier alpha value is -2.81. The summed E-state index contributed by atoms with van der Waals surface area (Å²) in [6.07, 6.45) is 2.95. The van der Waals surface area contributed by atoms with E-state index in [1.807, 2.05) is 42.3 Å². The average Bonchev–Trinajstić information content (AvgIpc) is 2.54. The summed E-state index contributed by atoms with van der Waals surface area (Å²) in [5.74, 6) is 2.04. The van der Waals surface area contributed by atoms with E-state index in [-0.39, 0.29) is 6.10 Å². The van der Waals surface area contributed by atoms with Gasteiger partial charge in [0.2, 0.25) is 0 Å². The Bertz CT molecular complexity index is 683. The topological polar surface area (TPSA) is 71.3 Å². The lowest BCUT2D eigenvalue weighted by Crippen LogP contribution is -2.40. The summed E-state index contributed by atoms with van der Waals surface area (Å²) in [4.78, 5) is 10.1. The van der Waals surface area contributed by atoms with Crippen LogP contribution in [-0.4, -0.2) is 36.3 Å². The normalized spacial score (nSPS) is 16.1. The number of likely N-dealkylation sites (N-methyl/N-ethyl adjacent to an activating group) is 1. The maximum Gasteiger partial charge on any atom is 0.183 e. The van der Waals surface area contributed by atoms with Gasteiger partial charge in [-0.2, -0.15) is 5.26 Å². The van der Waals surface area contributed by atoms with Crippen LogP contribution in [0.15, 0.2) is 36.7 Å². The monoisotopic (exact) mass is 282 g/mol. The number of ether oxygens (including phenoxy) is 2. The molecule has 2 aromatic rings. The van der Waals surface area contributed by atoms with Crippen LogP contribution in [0.1, 0.15) is 5.69 Å². The Labute approximate surface area is 122 Å². The number of aromatic nitrogens is 2. The quantitative estimate of drug-likeness (QED) is 0.852. The van der Waals surface area contributed by atoms with Crippen molar-refractivity contribution in [2.24, 2.45) is 0 Å². The molecule has 0 saturated carbocycles. The van der Waals surface area contributed by atoms with Crippen molar-refractivity contribution in [1.82, 2.24) is 9.97 Å². The maximum atomic E-state index is 9.07. The van der Waals surface area contributed by atoms with Crippen molar-refractivity contribution in [3.05, 3.63) is 42.4 Å². The van der Waals surface area contributed by atoms with Crippen molar-refractivity contribution in [2.75, 3.05) is 25.1 Å². The van der Waals surface area contributed by atoms with Crippen LogP contribution in [-0.2, 0) is 0 Å². The van der Waals surface area contributed by atoms with Gasteiger partial charge in [-0.05, 0) is 12.1 Å². The fraction of sp³-hybridized carbons (Fsp3) is 0.267. The van der Waals surface area contributed by atoms with Crippen LogP contribution in [0.4, 0.5) is 5.82 Å². The molecule has 1 aromatic carbocycles. The summed E-state index contributed by atoms with van der Waals surface area (Å²) in [7, 11) is 1.86. The van der Waals surface area contributed by atoms with E-state index in [2.05, 4.69) is 9.97 Å². The molecule has 1 atom stereocenters. The molecule has 0 fully saturated rings. The minimum absolute atomic E-state index is 0.126. The molecule has 1 aromatic heterocycles. The first kappa shape index (κ1) is 13.2. The van der Waals surface area contributed by atoms with E-state index in [0.717, 1.165) is 11.5 Å². The molecule has 1 aliphatic heterocycles. The van der Waals surface area contributed by atoms with Gasteiger partial charge in [-0.15, -0.1) is 0 Å². The van der Waals surface area contributed by atoms with E-state index in [9.17, 15) is 0 Å². The predicted octanol–water partition coefficient (Wildman–Crippen LogP) is 1.62. The van der Waals surface area contributed by atoms with Gasteiger partial charge in [0, 0.05) is 19.4 Å². The molecule has 0 N–H and O–H groups in total. The van der Waals surface area contributed by atoms with Gasteiger partial charge >= 0.3 is 0 Å². The van der Waals surface area contributed by atoms with Crippen molar-refractivity contribution < 1.29 is 9.47 Å². The van der Waals surface area contributed by atoms with Gasteiger partial charge in [0.1, 0.15) is 12.7 Å². The molecule has 0 bridgehead atoms. The number of hydrogen-bond donors (Lipinski definition) is 0. The third kappa shape index (κ3) is 2.72. The van der Waals surface area contributed by atoms with Gasteiger partial charge < -0.3 is 14.4 Å². The highest BCUT2D eigenvalue weighted by Gasteiger charge is 2.23. The zero-order valence-electron chi connectivity index (χ0n) is 11.6. The molecule has 0 saturated heterocycles. The van der Waals surface area contributed by atoms with E-state index < -0.39 is 0 Å². The van der Waals surface area contributed by atoms with Gasteiger partial charge in [-0.3, -0.25) is 0 Å². The summed E-state index contributed by atoms with van der Waals surface area (Å²) in [5.41, 5.74) is 0.303. The zero-order chi connectivity index (χ0) is 14.7. The summed E-state index contributed by atoms with van der Waals surface area (Å²) >= 11 is 0. The molecule has 2 heterocycles. The van der Waals surface area contributed by atoms with Crippen molar-refractivity contribution in [1.29, 1.82) is 5.26 Å². The first-order chi connectivity index (χ1) is 10.3. The molecular formula is C15H14N4O2. The minimum Gasteiger partial charge on any atom is -0.486 e. The van der Waals surface area contributed by atoms with Crippen molar-refractivity contribution in [3.8, 4) is 17.6 Å². The van der Waals surface area contributed by atoms with Crippen LogP contribution in [0.2, 0.25) is 0 Å². The lowest BCUT2D eigenvalue weighted by atomic mass is 10.2. The number of nitriles is 1. The number of anilines is 1. The summed E-state index contributed by atoms with van der Waals surface area (Å²) in [6, 6.07) is 9.62. The van der Waals surface area contributed by atoms with Gasteiger partial charge in [0.05, 0.1) is 6.54 Å². The van der Waals surface area contributed by atoms with Gasteiger partial charge in [0.15, 0.2) is 29.1 Å². The molecule has 0 aliphatic carbocycles. The Morgan fingerprint density at radius 2 is 2.05 bits per heavy atom. The van der Waals surface area contributed by atoms with E-state index in [4.69, 9.17) is 14.7 Å². The van der Waals surface area contributed by atoms with Crippen LogP contribution in [0.25, 0.3) is 0 Å². The first-order valence-corrected chi connectivity index (χ1v) is 6.58. The third-order valence-corrected chi connectivity index (χ3v) is 3.19. The van der Waals surface area contributed by atoms with E-state index in [0.29, 0.717) is 24.7 Å². The Morgan fingerprint density at radius 1 is 1.29 bits per heavy atom. The number of fused-ring (bicyclic) bond motifs is 1. The minimum atomic E-state index is -0.126. The van der Waals surface area contributed by atoms with Gasteiger partial charge in [0.25, 0.3) is 0 Å². The number of benzene rings is 1. The largest absolute Gasteiger partial charge is 0.486 e. The van der Waals surface area contributed by atoms with Crippen molar-refractivity contribution >= 4 is 5.82 Å². The van der Waals surface area contributed by atoms with Crippen LogP contribution >= 0.6 is 0 Å². The molecule has 21 heavy (non-hydrogen) atoms. The number of hydrogen-bond acceptors (Lipinski definition) is 6. The maximum absolute atomic E-state index is 9.07. The van der Waals surface area contributed by atoms with E-state index >= 15 is 0 Å². The highest BCUT2D eigenvalue weighted by atomic mass is 16.6. The molecular weight excluding hydrogens is 268 g/mol. The SMILES string of the molecule is CN(CC1COc2ccccc2O1)c1nccnc1C#N. The molecule has 0 radical (unpaired) electrons. The average molecular weight is 282 g/mol. The molecule has 106 valence electrons. The second-order valence-electron chi connectivity index (χ2n) is 4.72. The van der Waals surface area contributed by atoms with Crippen molar-refractivity contribution in [2.45, 2.75) is 6.10 Å². The van der Waals surface area contributed by atoms with Gasteiger partial charge in [-0.25, -0.2) is 9.97 Å².